The number of carbonyl (C=O) groups is 1. The number of guanidine groups is 1. The summed E-state index contributed by atoms with van der Waals surface area (Å²) in [4.78, 5) is 17.3. The van der Waals surface area contributed by atoms with Crippen molar-refractivity contribution in [1.29, 1.82) is 0 Å². The van der Waals surface area contributed by atoms with Crippen LogP contribution in [-0.2, 0) is 17.9 Å². The number of aryl methyl sites for hydroxylation is 1. The van der Waals surface area contributed by atoms with Gasteiger partial charge in [-0.3, -0.25) is 9.79 Å². The van der Waals surface area contributed by atoms with Crippen molar-refractivity contribution in [3.05, 3.63) is 65.2 Å². The van der Waals surface area contributed by atoms with Crippen molar-refractivity contribution in [1.82, 2.24) is 10.2 Å². The first-order valence-electron chi connectivity index (χ1n) is 8.46. The summed E-state index contributed by atoms with van der Waals surface area (Å²) in [5, 5.41) is 3.35. The molecule has 6 nitrogen and oxygen atoms in total. The van der Waals surface area contributed by atoms with Crippen molar-refractivity contribution in [3.63, 3.8) is 0 Å². The number of primary amides is 1. The van der Waals surface area contributed by atoms with Crippen molar-refractivity contribution < 1.29 is 9.53 Å². The first kappa shape index (κ1) is 22.8. The molecule has 0 aliphatic heterocycles. The number of ether oxygens (including phenoxy) is 1. The van der Waals surface area contributed by atoms with Crippen LogP contribution < -0.4 is 15.8 Å². The molecule has 2 aromatic rings. The van der Waals surface area contributed by atoms with E-state index >= 15 is 0 Å². The number of nitrogens with two attached hydrogens (primary N) is 1. The molecule has 0 saturated carbocycles. The first-order valence-corrected chi connectivity index (χ1v) is 8.46. The lowest BCUT2D eigenvalue weighted by atomic mass is 10.1. The highest BCUT2D eigenvalue weighted by atomic mass is 127. The lowest BCUT2D eigenvalue weighted by molar-refractivity contribution is -0.119. The van der Waals surface area contributed by atoms with Crippen LogP contribution in [0.2, 0.25) is 0 Å². The monoisotopic (exact) mass is 482 g/mol. The largest absolute Gasteiger partial charge is 0.484 e. The van der Waals surface area contributed by atoms with Gasteiger partial charge in [-0.15, -0.1) is 24.0 Å². The molecular formula is C20H27IN4O2. The van der Waals surface area contributed by atoms with E-state index in [9.17, 15) is 4.79 Å². The molecule has 2 aromatic carbocycles. The van der Waals surface area contributed by atoms with Gasteiger partial charge in [0.2, 0.25) is 0 Å². The van der Waals surface area contributed by atoms with Gasteiger partial charge in [0.1, 0.15) is 5.75 Å². The van der Waals surface area contributed by atoms with E-state index in [0.717, 1.165) is 18.1 Å². The Bertz CT molecular complexity index is 780. The lowest BCUT2D eigenvalue weighted by Gasteiger charge is -2.23. The summed E-state index contributed by atoms with van der Waals surface area (Å²) in [6.45, 7) is 3.35. The topological polar surface area (TPSA) is 80.0 Å². The number of rotatable bonds is 7. The number of amides is 1. The number of halogens is 1. The molecule has 0 unspecified atom stereocenters. The fourth-order valence-corrected chi connectivity index (χ4v) is 2.58. The smallest absolute Gasteiger partial charge is 0.255 e. The highest BCUT2D eigenvalue weighted by Crippen LogP contribution is 2.13. The van der Waals surface area contributed by atoms with Gasteiger partial charge in [0, 0.05) is 27.2 Å². The highest BCUT2D eigenvalue weighted by Gasteiger charge is 2.08. The number of nitrogens with zero attached hydrogens (tertiary/aromatic N) is 2. The van der Waals surface area contributed by atoms with E-state index in [2.05, 4.69) is 34.3 Å². The van der Waals surface area contributed by atoms with Gasteiger partial charge < -0.3 is 20.7 Å². The van der Waals surface area contributed by atoms with Gasteiger partial charge in [-0.1, -0.05) is 36.4 Å². The SMILES string of the molecule is CN=C(NCc1cccc(OCC(N)=O)c1)N(C)Cc1ccccc1C.I. The predicted octanol–water partition coefficient (Wildman–Crippen LogP) is 2.68. The Labute approximate surface area is 177 Å². The summed E-state index contributed by atoms with van der Waals surface area (Å²) in [6, 6.07) is 15.9. The van der Waals surface area contributed by atoms with Gasteiger partial charge in [-0.25, -0.2) is 0 Å². The normalized spacial score (nSPS) is 10.7. The zero-order valence-electron chi connectivity index (χ0n) is 15.9. The van der Waals surface area contributed by atoms with Crippen LogP contribution in [0, 0.1) is 6.92 Å². The zero-order valence-corrected chi connectivity index (χ0v) is 18.3. The quantitative estimate of drug-likeness (QED) is 0.362. The third-order valence-electron chi connectivity index (χ3n) is 3.97. The van der Waals surface area contributed by atoms with Gasteiger partial charge in [-0.05, 0) is 35.7 Å². The second kappa shape index (κ2) is 11.4. The second-order valence-electron chi connectivity index (χ2n) is 6.09. The van der Waals surface area contributed by atoms with Crippen molar-refractivity contribution >= 4 is 35.8 Å². The molecule has 7 heteroatoms. The number of carbonyl (C=O) groups excluding carboxylic acids is 1. The Morgan fingerprint density at radius 3 is 2.63 bits per heavy atom. The van der Waals surface area contributed by atoms with Crippen molar-refractivity contribution in [3.8, 4) is 5.75 Å². The molecule has 0 aliphatic rings. The van der Waals surface area contributed by atoms with Crippen LogP contribution in [0.1, 0.15) is 16.7 Å². The minimum atomic E-state index is -0.494. The van der Waals surface area contributed by atoms with Crippen LogP contribution >= 0.6 is 24.0 Å². The Morgan fingerprint density at radius 1 is 1.22 bits per heavy atom. The van der Waals surface area contributed by atoms with E-state index in [0.29, 0.717) is 12.3 Å². The Hall–Kier alpha value is -2.29. The standard InChI is InChI=1S/C20H26N4O2.HI/c1-15-7-4-5-9-17(15)13-24(3)20(22-2)23-12-16-8-6-10-18(11-16)26-14-19(21)25;/h4-11H,12-14H2,1-3H3,(H2,21,25)(H,22,23);1H. The van der Waals surface area contributed by atoms with Crippen LogP contribution in [0.5, 0.6) is 5.75 Å². The Kier molecular flexibility index (Phi) is 9.63. The molecule has 2 rings (SSSR count). The molecule has 0 heterocycles. The zero-order chi connectivity index (χ0) is 18.9. The van der Waals surface area contributed by atoms with Crippen molar-refractivity contribution in [2.75, 3.05) is 20.7 Å². The molecule has 0 spiro atoms. The van der Waals surface area contributed by atoms with Crippen molar-refractivity contribution in [2.24, 2.45) is 10.7 Å². The first-order chi connectivity index (χ1) is 12.5. The number of aliphatic imine (C=N–C) groups is 1. The van der Waals surface area contributed by atoms with Gasteiger partial charge in [0.25, 0.3) is 5.91 Å². The maximum Gasteiger partial charge on any atom is 0.255 e. The summed E-state index contributed by atoms with van der Waals surface area (Å²) < 4.78 is 5.34. The predicted molar refractivity (Wildman–Crippen MR) is 119 cm³/mol. The van der Waals surface area contributed by atoms with Crippen LogP contribution in [0.4, 0.5) is 0 Å². The molecule has 0 radical (unpaired) electrons. The third-order valence-corrected chi connectivity index (χ3v) is 3.97. The fraction of sp³-hybridized carbons (Fsp3) is 0.300. The van der Waals surface area contributed by atoms with E-state index in [1.54, 1.807) is 13.1 Å². The van der Waals surface area contributed by atoms with Gasteiger partial charge in [0.05, 0.1) is 0 Å². The Balaban J connectivity index is 0.00000364. The Morgan fingerprint density at radius 2 is 1.96 bits per heavy atom. The number of hydrogen-bond acceptors (Lipinski definition) is 3. The fourth-order valence-electron chi connectivity index (χ4n) is 2.58. The molecule has 0 fully saturated rings. The van der Waals surface area contributed by atoms with Gasteiger partial charge in [0.15, 0.2) is 12.6 Å². The van der Waals surface area contributed by atoms with Crippen LogP contribution in [0.15, 0.2) is 53.5 Å². The van der Waals surface area contributed by atoms with E-state index in [4.69, 9.17) is 10.5 Å². The molecule has 27 heavy (non-hydrogen) atoms. The molecule has 0 aliphatic carbocycles. The van der Waals surface area contributed by atoms with Crippen LogP contribution in [0.25, 0.3) is 0 Å². The molecule has 0 atom stereocenters. The summed E-state index contributed by atoms with van der Waals surface area (Å²) in [6.07, 6.45) is 0. The molecular weight excluding hydrogens is 455 g/mol. The minimum absolute atomic E-state index is 0. The molecule has 0 bridgehead atoms. The average molecular weight is 482 g/mol. The van der Waals surface area contributed by atoms with E-state index in [1.165, 1.54) is 11.1 Å². The van der Waals surface area contributed by atoms with Crippen LogP contribution in [-0.4, -0.2) is 37.5 Å². The number of hydrogen-bond donors (Lipinski definition) is 2. The highest BCUT2D eigenvalue weighted by molar-refractivity contribution is 14.0. The maximum atomic E-state index is 10.8. The molecule has 0 aromatic heterocycles. The van der Waals surface area contributed by atoms with Crippen molar-refractivity contribution in [2.45, 2.75) is 20.0 Å². The second-order valence-corrected chi connectivity index (χ2v) is 6.09. The lowest BCUT2D eigenvalue weighted by Crippen LogP contribution is -2.38. The van der Waals surface area contributed by atoms with E-state index in [1.807, 2.05) is 37.4 Å². The molecule has 0 saturated heterocycles. The number of benzene rings is 2. The number of nitrogens with one attached hydrogen (secondary N) is 1. The van der Waals surface area contributed by atoms with Gasteiger partial charge in [-0.2, -0.15) is 0 Å². The summed E-state index contributed by atoms with van der Waals surface area (Å²) in [5.74, 6) is 0.926. The minimum Gasteiger partial charge on any atom is -0.484 e. The van der Waals surface area contributed by atoms with E-state index < -0.39 is 5.91 Å². The summed E-state index contributed by atoms with van der Waals surface area (Å²) >= 11 is 0. The average Bonchev–Trinajstić information content (AvgIpc) is 2.63. The molecule has 1 amide bonds. The summed E-state index contributed by atoms with van der Waals surface area (Å²) in [5.41, 5.74) is 8.65. The maximum absolute atomic E-state index is 10.8. The molecule has 3 N–H and O–H groups in total. The third kappa shape index (κ3) is 7.46. The summed E-state index contributed by atoms with van der Waals surface area (Å²) in [7, 11) is 3.78. The molecule has 146 valence electrons. The van der Waals surface area contributed by atoms with Crippen LogP contribution in [0.3, 0.4) is 0 Å². The van der Waals surface area contributed by atoms with Gasteiger partial charge >= 0.3 is 0 Å². The van der Waals surface area contributed by atoms with E-state index in [-0.39, 0.29) is 30.6 Å².